The summed E-state index contributed by atoms with van der Waals surface area (Å²) in [5, 5.41) is 10.0. The van der Waals surface area contributed by atoms with Gasteiger partial charge in [-0.05, 0) is 32.7 Å². The van der Waals surface area contributed by atoms with Gasteiger partial charge in [-0.1, -0.05) is 12.8 Å². The minimum absolute atomic E-state index is 0.120. The maximum atomic E-state index is 11.7. The molecule has 1 heterocycles. The first-order valence-electron chi connectivity index (χ1n) is 6.57. The average Bonchev–Trinajstić information content (AvgIpc) is 2.72. The fourth-order valence-corrected chi connectivity index (χ4v) is 3.21. The quantitative estimate of drug-likeness (QED) is 0.737. The Balaban J connectivity index is 1.99. The second-order valence-electron chi connectivity index (χ2n) is 5.69. The SMILES string of the molecule is COC(=O)[C@@]1(C)CCN([C@@H]2CCCC[C@@H]2O)C1. The van der Waals surface area contributed by atoms with E-state index in [0.717, 1.165) is 38.8 Å². The van der Waals surface area contributed by atoms with Crippen LogP contribution in [-0.4, -0.2) is 48.3 Å². The highest BCUT2D eigenvalue weighted by Gasteiger charge is 2.44. The summed E-state index contributed by atoms with van der Waals surface area (Å²) in [4.78, 5) is 14.0. The van der Waals surface area contributed by atoms with Crippen LogP contribution in [0.4, 0.5) is 0 Å². The molecule has 0 unspecified atom stereocenters. The third kappa shape index (κ3) is 2.47. The molecule has 0 amide bonds. The number of esters is 1. The molecule has 1 aliphatic heterocycles. The molecule has 1 N–H and O–H groups in total. The molecule has 98 valence electrons. The zero-order valence-corrected chi connectivity index (χ0v) is 10.8. The standard InChI is InChI=1S/C13H23NO3/c1-13(12(16)17-2)7-8-14(9-13)10-5-3-4-6-11(10)15/h10-11,15H,3-9H2,1-2H3/t10-,11+,13+/m1/s1. The molecular weight excluding hydrogens is 218 g/mol. The number of methoxy groups -OCH3 is 1. The highest BCUT2D eigenvalue weighted by Crippen LogP contribution is 2.35. The molecule has 0 bridgehead atoms. The number of ether oxygens (including phenoxy) is 1. The van der Waals surface area contributed by atoms with Crippen LogP contribution in [0, 0.1) is 5.41 Å². The van der Waals surface area contributed by atoms with Gasteiger partial charge in [-0.25, -0.2) is 0 Å². The van der Waals surface area contributed by atoms with Crippen molar-refractivity contribution in [2.45, 2.75) is 51.2 Å². The minimum Gasteiger partial charge on any atom is -0.469 e. The molecule has 0 spiro atoms. The van der Waals surface area contributed by atoms with E-state index in [4.69, 9.17) is 4.74 Å². The van der Waals surface area contributed by atoms with Crippen molar-refractivity contribution in [1.82, 2.24) is 4.90 Å². The van der Waals surface area contributed by atoms with Crippen LogP contribution in [0.5, 0.6) is 0 Å². The predicted molar refractivity (Wildman–Crippen MR) is 64.6 cm³/mol. The number of likely N-dealkylation sites (tertiary alicyclic amines) is 1. The Hall–Kier alpha value is -0.610. The first kappa shape index (κ1) is 12.8. The molecule has 1 saturated heterocycles. The Labute approximate surface area is 103 Å². The zero-order chi connectivity index (χ0) is 12.5. The van der Waals surface area contributed by atoms with Crippen LogP contribution in [-0.2, 0) is 9.53 Å². The molecule has 1 saturated carbocycles. The molecule has 3 atom stereocenters. The molecule has 0 radical (unpaired) electrons. The summed E-state index contributed by atoms with van der Waals surface area (Å²) in [7, 11) is 1.45. The lowest BCUT2D eigenvalue weighted by molar-refractivity contribution is -0.151. The summed E-state index contributed by atoms with van der Waals surface area (Å²) < 4.78 is 4.87. The van der Waals surface area contributed by atoms with Crippen molar-refractivity contribution in [2.75, 3.05) is 20.2 Å². The maximum absolute atomic E-state index is 11.7. The van der Waals surface area contributed by atoms with E-state index >= 15 is 0 Å². The Kier molecular flexibility index (Phi) is 3.73. The van der Waals surface area contributed by atoms with E-state index < -0.39 is 0 Å². The minimum atomic E-state index is -0.383. The van der Waals surface area contributed by atoms with Gasteiger partial charge in [0.1, 0.15) is 0 Å². The van der Waals surface area contributed by atoms with Crippen LogP contribution in [0.25, 0.3) is 0 Å². The average molecular weight is 241 g/mol. The van der Waals surface area contributed by atoms with Gasteiger partial charge in [0.25, 0.3) is 0 Å². The lowest BCUT2D eigenvalue weighted by atomic mass is 9.89. The van der Waals surface area contributed by atoms with E-state index in [1.807, 2.05) is 6.92 Å². The van der Waals surface area contributed by atoms with Crippen molar-refractivity contribution in [1.29, 1.82) is 0 Å². The van der Waals surface area contributed by atoms with Crippen molar-refractivity contribution in [3.05, 3.63) is 0 Å². The number of hydrogen-bond acceptors (Lipinski definition) is 4. The van der Waals surface area contributed by atoms with Crippen molar-refractivity contribution in [3.63, 3.8) is 0 Å². The highest BCUT2D eigenvalue weighted by molar-refractivity contribution is 5.77. The lowest BCUT2D eigenvalue weighted by Gasteiger charge is -2.35. The molecule has 0 aromatic carbocycles. The van der Waals surface area contributed by atoms with Gasteiger partial charge in [0.05, 0.1) is 18.6 Å². The first-order chi connectivity index (χ1) is 8.07. The van der Waals surface area contributed by atoms with E-state index in [1.165, 1.54) is 13.5 Å². The summed E-state index contributed by atoms with van der Waals surface area (Å²) in [6.07, 6.45) is 4.88. The van der Waals surface area contributed by atoms with Crippen LogP contribution in [0.1, 0.15) is 39.0 Å². The molecule has 2 aliphatic rings. The Morgan fingerprint density at radius 2 is 2.12 bits per heavy atom. The van der Waals surface area contributed by atoms with E-state index in [2.05, 4.69) is 4.90 Å². The molecule has 0 aromatic rings. The molecule has 0 aromatic heterocycles. The topological polar surface area (TPSA) is 49.8 Å². The zero-order valence-electron chi connectivity index (χ0n) is 10.8. The summed E-state index contributed by atoms with van der Waals surface area (Å²) >= 11 is 0. The van der Waals surface area contributed by atoms with Crippen LogP contribution >= 0.6 is 0 Å². The fourth-order valence-electron chi connectivity index (χ4n) is 3.21. The Bertz CT molecular complexity index is 294. The van der Waals surface area contributed by atoms with Gasteiger partial charge >= 0.3 is 5.97 Å². The predicted octanol–water partition coefficient (Wildman–Crippen LogP) is 1.17. The highest BCUT2D eigenvalue weighted by atomic mass is 16.5. The van der Waals surface area contributed by atoms with Gasteiger partial charge in [-0.3, -0.25) is 9.69 Å². The van der Waals surface area contributed by atoms with Gasteiger partial charge in [-0.2, -0.15) is 0 Å². The van der Waals surface area contributed by atoms with Gasteiger partial charge in [0.2, 0.25) is 0 Å². The number of hydrogen-bond donors (Lipinski definition) is 1. The molecule has 4 heteroatoms. The van der Waals surface area contributed by atoms with Gasteiger partial charge < -0.3 is 9.84 Å². The van der Waals surface area contributed by atoms with Crippen molar-refractivity contribution in [3.8, 4) is 0 Å². The number of aliphatic hydroxyl groups excluding tert-OH is 1. The molecule has 17 heavy (non-hydrogen) atoms. The van der Waals surface area contributed by atoms with Crippen LogP contribution < -0.4 is 0 Å². The third-order valence-corrected chi connectivity index (χ3v) is 4.34. The van der Waals surface area contributed by atoms with E-state index in [-0.39, 0.29) is 23.5 Å². The summed E-state index contributed by atoms with van der Waals surface area (Å²) in [5.41, 5.74) is -0.383. The van der Waals surface area contributed by atoms with Crippen molar-refractivity contribution < 1.29 is 14.6 Å². The van der Waals surface area contributed by atoms with Gasteiger partial charge in [0, 0.05) is 12.6 Å². The lowest BCUT2D eigenvalue weighted by Crippen LogP contribution is -2.45. The molecular formula is C13H23NO3. The molecule has 4 nitrogen and oxygen atoms in total. The van der Waals surface area contributed by atoms with Crippen LogP contribution in [0.15, 0.2) is 0 Å². The summed E-state index contributed by atoms with van der Waals surface area (Å²) in [6.45, 7) is 3.59. The molecule has 2 rings (SSSR count). The molecule has 1 aliphatic carbocycles. The normalized spacial score (nSPS) is 39.2. The smallest absolute Gasteiger partial charge is 0.312 e. The monoisotopic (exact) mass is 241 g/mol. The molecule has 2 fully saturated rings. The Morgan fingerprint density at radius 1 is 1.41 bits per heavy atom. The van der Waals surface area contributed by atoms with Crippen LogP contribution in [0.2, 0.25) is 0 Å². The number of aliphatic hydroxyl groups is 1. The first-order valence-corrected chi connectivity index (χ1v) is 6.57. The van der Waals surface area contributed by atoms with Crippen molar-refractivity contribution >= 4 is 5.97 Å². The maximum Gasteiger partial charge on any atom is 0.312 e. The summed E-state index contributed by atoms with van der Waals surface area (Å²) in [5.74, 6) is -0.120. The van der Waals surface area contributed by atoms with E-state index in [9.17, 15) is 9.90 Å². The summed E-state index contributed by atoms with van der Waals surface area (Å²) in [6, 6.07) is 0.246. The number of carbonyl (C=O) groups is 1. The van der Waals surface area contributed by atoms with Crippen molar-refractivity contribution in [2.24, 2.45) is 5.41 Å². The largest absolute Gasteiger partial charge is 0.469 e. The number of nitrogens with zero attached hydrogens (tertiary/aromatic N) is 1. The van der Waals surface area contributed by atoms with E-state index in [1.54, 1.807) is 0 Å². The third-order valence-electron chi connectivity index (χ3n) is 4.34. The Morgan fingerprint density at radius 3 is 2.76 bits per heavy atom. The second kappa shape index (κ2) is 4.94. The number of rotatable bonds is 2. The fraction of sp³-hybridized carbons (Fsp3) is 0.923. The number of carbonyl (C=O) groups excluding carboxylic acids is 1. The van der Waals surface area contributed by atoms with Crippen LogP contribution in [0.3, 0.4) is 0 Å². The van der Waals surface area contributed by atoms with Gasteiger partial charge in [-0.15, -0.1) is 0 Å². The van der Waals surface area contributed by atoms with Gasteiger partial charge in [0.15, 0.2) is 0 Å². The second-order valence-corrected chi connectivity index (χ2v) is 5.69. The van der Waals surface area contributed by atoms with E-state index in [0.29, 0.717) is 0 Å².